The van der Waals surface area contributed by atoms with Crippen molar-refractivity contribution in [2.75, 3.05) is 47.5 Å². The molecule has 0 bridgehead atoms. The summed E-state index contributed by atoms with van der Waals surface area (Å²) in [5, 5.41) is 9.38. The molecule has 35 heavy (non-hydrogen) atoms. The summed E-state index contributed by atoms with van der Waals surface area (Å²) in [6.07, 6.45) is 20.3. The summed E-state index contributed by atoms with van der Waals surface area (Å²) in [5.41, 5.74) is 0. The van der Waals surface area contributed by atoms with Crippen LogP contribution >= 0.6 is 7.82 Å². The molecule has 0 aliphatic carbocycles. The highest BCUT2D eigenvalue weighted by atomic mass is 31.2. The molecular weight excluding hydrogens is 469 g/mol. The van der Waals surface area contributed by atoms with Crippen molar-refractivity contribution in [3.8, 4) is 0 Å². The number of carbonyl (C=O) groups excluding carboxylic acids is 1. The van der Waals surface area contributed by atoms with Crippen molar-refractivity contribution >= 4 is 13.8 Å². The van der Waals surface area contributed by atoms with Crippen LogP contribution in [0.15, 0.2) is 24.3 Å². The third kappa shape index (κ3) is 24.5. The summed E-state index contributed by atoms with van der Waals surface area (Å²) in [5.74, 6) is -0.447. The molecule has 0 aliphatic heterocycles. The van der Waals surface area contributed by atoms with Gasteiger partial charge in [0.15, 0.2) is 0 Å². The molecule has 1 unspecified atom stereocenters. The molecular formula is C26H51NO7P+. The van der Waals surface area contributed by atoms with Crippen LogP contribution in [-0.2, 0) is 23.1 Å². The maximum atomic E-state index is 12.0. The van der Waals surface area contributed by atoms with Gasteiger partial charge in [0.2, 0.25) is 0 Å². The molecule has 0 radical (unpaired) electrons. The second-order valence-corrected chi connectivity index (χ2v) is 11.3. The Balaban J connectivity index is 3.80. The van der Waals surface area contributed by atoms with Crippen LogP contribution < -0.4 is 0 Å². The van der Waals surface area contributed by atoms with Gasteiger partial charge in [-0.1, -0.05) is 63.3 Å². The largest absolute Gasteiger partial charge is 0.472 e. The molecule has 2 atom stereocenters. The molecule has 0 aliphatic rings. The normalized spacial score (nSPS) is 15.0. The number of carbonyl (C=O) groups is 1. The monoisotopic (exact) mass is 520 g/mol. The zero-order valence-electron chi connectivity index (χ0n) is 22.5. The molecule has 0 heterocycles. The van der Waals surface area contributed by atoms with Gasteiger partial charge in [-0.15, -0.1) is 0 Å². The van der Waals surface area contributed by atoms with Gasteiger partial charge in [-0.05, 0) is 38.5 Å². The number of ether oxygens (including phenoxy) is 1. The first-order valence-corrected chi connectivity index (χ1v) is 14.6. The van der Waals surface area contributed by atoms with E-state index in [-0.39, 0.29) is 13.0 Å². The highest BCUT2D eigenvalue weighted by Gasteiger charge is 2.25. The SMILES string of the molecule is CCCCC/C=C\C/C=C\CCCCCCCC(=O)O[C@H](CO)COP(=O)(O)OCC[N+](C)(C)C. The number of unbranched alkanes of at least 4 members (excludes halogenated alkanes) is 8. The van der Waals surface area contributed by atoms with E-state index in [0.29, 0.717) is 17.4 Å². The van der Waals surface area contributed by atoms with Crippen molar-refractivity contribution in [3.63, 3.8) is 0 Å². The van der Waals surface area contributed by atoms with Gasteiger partial charge in [-0.25, -0.2) is 4.57 Å². The summed E-state index contributed by atoms with van der Waals surface area (Å²) >= 11 is 0. The Morgan fingerprint density at radius 2 is 1.51 bits per heavy atom. The third-order valence-corrected chi connectivity index (χ3v) is 6.26. The zero-order chi connectivity index (χ0) is 26.4. The van der Waals surface area contributed by atoms with Gasteiger partial charge in [0, 0.05) is 6.42 Å². The number of phosphoric acid groups is 1. The fourth-order valence-corrected chi connectivity index (χ4v) is 3.84. The van der Waals surface area contributed by atoms with Gasteiger partial charge in [0.1, 0.15) is 19.3 Å². The van der Waals surface area contributed by atoms with Gasteiger partial charge in [-0.2, -0.15) is 0 Å². The van der Waals surface area contributed by atoms with Gasteiger partial charge >= 0.3 is 13.8 Å². The van der Waals surface area contributed by atoms with E-state index in [4.69, 9.17) is 13.8 Å². The number of nitrogens with zero attached hydrogens (tertiary/aromatic N) is 1. The smallest absolute Gasteiger partial charge is 0.457 e. The van der Waals surface area contributed by atoms with Gasteiger partial charge in [0.05, 0.1) is 34.4 Å². The maximum absolute atomic E-state index is 12.0. The lowest BCUT2D eigenvalue weighted by Crippen LogP contribution is -2.37. The lowest BCUT2D eigenvalue weighted by molar-refractivity contribution is -0.870. The number of rotatable bonds is 23. The molecule has 0 saturated carbocycles. The maximum Gasteiger partial charge on any atom is 0.472 e. The Labute approximate surface area is 213 Å². The van der Waals surface area contributed by atoms with Crippen LogP contribution in [0, 0.1) is 0 Å². The number of likely N-dealkylation sites (N-methyl/N-ethyl adjacent to an activating group) is 1. The average Bonchev–Trinajstić information content (AvgIpc) is 2.78. The highest BCUT2D eigenvalue weighted by molar-refractivity contribution is 7.47. The number of aliphatic hydroxyl groups excluding tert-OH is 1. The molecule has 0 aromatic rings. The van der Waals surface area contributed by atoms with E-state index in [0.717, 1.165) is 38.5 Å². The summed E-state index contributed by atoms with van der Waals surface area (Å²) in [6, 6.07) is 0. The summed E-state index contributed by atoms with van der Waals surface area (Å²) in [7, 11) is 1.53. The molecule has 0 aromatic carbocycles. The zero-order valence-corrected chi connectivity index (χ0v) is 23.4. The minimum absolute atomic E-state index is 0.0493. The number of quaternary nitrogens is 1. The second-order valence-electron chi connectivity index (χ2n) is 9.89. The molecule has 0 saturated heterocycles. The first-order valence-electron chi connectivity index (χ1n) is 13.1. The van der Waals surface area contributed by atoms with Crippen LogP contribution in [0.3, 0.4) is 0 Å². The van der Waals surface area contributed by atoms with E-state index in [1.807, 2.05) is 21.1 Å². The van der Waals surface area contributed by atoms with Gasteiger partial charge in [0.25, 0.3) is 0 Å². The number of allylic oxidation sites excluding steroid dienone is 4. The Hall–Kier alpha value is -1.02. The fourth-order valence-electron chi connectivity index (χ4n) is 3.09. The molecule has 0 amide bonds. The molecule has 0 fully saturated rings. The van der Waals surface area contributed by atoms with Crippen molar-refractivity contribution in [3.05, 3.63) is 24.3 Å². The van der Waals surface area contributed by atoms with E-state index in [1.165, 1.54) is 25.7 Å². The standard InChI is InChI=1S/C26H50NO7P/c1-5-6-7-8-9-10-11-12-13-14-15-16-17-18-19-20-26(29)34-25(23-28)24-33-35(30,31)32-22-21-27(2,3)4/h9-10,12-13,25,28H,5-8,11,14-24H2,1-4H3/p+1/b10-9-,13-12-/t25-/m1/s1. The lowest BCUT2D eigenvalue weighted by Gasteiger charge is -2.24. The van der Waals surface area contributed by atoms with Crippen LogP contribution in [-0.4, -0.2) is 74.1 Å². The summed E-state index contributed by atoms with van der Waals surface area (Å²) in [4.78, 5) is 21.7. The predicted molar refractivity (Wildman–Crippen MR) is 141 cm³/mol. The number of hydrogen-bond acceptors (Lipinski definition) is 6. The fraction of sp³-hybridized carbons (Fsp3) is 0.808. The number of esters is 1. The number of aliphatic hydroxyl groups is 1. The summed E-state index contributed by atoms with van der Waals surface area (Å²) in [6.45, 7) is 1.90. The number of phosphoric ester groups is 1. The second kappa shape index (κ2) is 21.1. The summed E-state index contributed by atoms with van der Waals surface area (Å²) < 4.78 is 27.4. The van der Waals surface area contributed by atoms with Crippen LogP contribution in [0.1, 0.15) is 84.0 Å². The van der Waals surface area contributed by atoms with Crippen LogP contribution in [0.2, 0.25) is 0 Å². The molecule has 0 spiro atoms. The topological polar surface area (TPSA) is 102 Å². The quantitative estimate of drug-likeness (QED) is 0.0599. The van der Waals surface area contributed by atoms with Crippen molar-refractivity contribution < 1.29 is 37.6 Å². The van der Waals surface area contributed by atoms with Crippen LogP contribution in [0.4, 0.5) is 0 Å². The van der Waals surface area contributed by atoms with Crippen molar-refractivity contribution in [2.24, 2.45) is 0 Å². The van der Waals surface area contributed by atoms with Crippen molar-refractivity contribution in [1.29, 1.82) is 0 Å². The van der Waals surface area contributed by atoms with E-state index in [9.17, 15) is 19.4 Å². The molecule has 9 heteroatoms. The van der Waals surface area contributed by atoms with Crippen LogP contribution in [0.25, 0.3) is 0 Å². The first kappa shape index (κ1) is 34.0. The van der Waals surface area contributed by atoms with E-state index in [2.05, 4.69) is 31.2 Å². The molecule has 8 nitrogen and oxygen atoms in total. The minimum Gasteiger partial charge on any atom is -0.457 e. The molecule has 0 rings (SSSR count). The van der Waals surface area contributed by atoms with Crippen LogP contribution in [0.5, 0.6) is 0 Å². The highest BCUT2D eigenvalue weighted by Crippen LogP contribution is 2.43. The minimum atomic E-state index is -4.26. The third-order valence-electron chi connectivity index (χ3n) is 5.27. The Morgan fingerprint density at radius 3 is 2.11 bits per heavy atom. The van der Waals surface area contributed by atoms with Gasteiger partial charge in [-0.3, -0.25) is 13.8 Å². The van der Waals surface area contributed by atoms with Gasteiger partial charge < -0.3 is 19.2 Å². The Bertz CT molecular complexity index is 632. The number of hydrogen-bond donors (Lipinski definition) is 2. The van der Waals surface area contributed by atoms with Crippen molar-refractivity contribution in [2.45, 2.75) is 90.1 Å². The first-order chi connectivity index (χ1) is 16.6. The van der Waals surface area contributed by atoms with E-state index < -0.39 is 33.1 Å². The molecule has 2 N–H and O–H groups in total. The predicted octanol–water partition coefficient (Wildman–Crippen LogP) is 5.54. The van der Waals surface area contributed by atoms with E-state index in [1.54, 1.807) is 0 Å². The average molecular weight is 521 g/mol. The van der Waals surface area contributed by atoms with Crippen molar-refractivity contribution in [1.82, 2.24) is 0 Å². The van der Waals surface area contributed by atoms with E-state index >= 15 is 0 Å². The molecule has 206 valence electrons. The Morgan fingerprint density at radius 1 is 0.914 bits per heavy atom. The Kier molecular flexibility index (Phi) is 20.5. The lowest BCUT2D eigenvalue weighted by atomic mass is 10.1. The molecule has 0 aromatic heterocycles.